The zero-order valence-corrected chi connectivity index (χ0v) is 14.6. The monoisotopic (exact) mass is 289 g/mol. The molecule has 0 aliphatic rings. The van der Waals surface area contributed by atoms with Crippen molar-refractivity contribution in [3.63, 3.8) is 0 Å². The minimum absolute atomic E-state index is 0.143. The van der Waals surface area contributed by atoms with Crippen molar-refractivity contribution in [1.29, 1.82) is 5.41 Å². The van der Waals surface area contributed by atoms with Crippen LogP contribution in [0.15, 0.2) is 30.3 Å². The Morgan fingerprint density at radius 3 is 1.95 bits per heavy atom. The van der Waals surface area contributed by atoms with Gasteiger partial charge in [-0.3, -0.25) is 5.41 Å². The lowest BCUT2D eigenvalue weighted by Gasteiger charge is -2.44. The summed E-state index contributed by atoms with van der Waals surface area (Å²) in [5.41, 5.74) is 1.19. The van der Waals surface area contributed by atoms with Crippen molar-refractivity contribution in [2.24, 2.45) is 10.8 Å². The Balaban J connectivity index is 2.66. The van der Waals surface area contributed by atoms with Gasteiger partial charge < -0.3 is 10.6 Å². The summed E-state index contributed by atoms with van der Waals surface area (Å²) < 4.78 is 0. The standard InChI is InChI=1S/C18H31N3/c1-16(2,3)17(4,5)13-18(6,7)21-15(19)20-14-11-9-8-10-12-14/h8-12H,13H2,1-7H3,(H3,19,20,21). The summed E-state index contributed by atoms with van der Waals surface area (Å²) in [5.74, 6) is 0.343. The van der Waals surface area contributed by atoms with E-state index in [1.165, 1.54) is 0 Å². The van der Waals surface area contributed by atoms with Gasteiger partial charge in [0, 0.05) is 11.2 Å². The van der Waals surface area contributed by atoms with Crippen molar-refractivity contribution in [2.45, 2.75) is 60.4 Å². The molecule has 0 radical (unpaired) electrons. The largest absolute Gasteiger partial charge is 0.351 e. The molecule has 0 atom stereocenters. The lowest BCUT2D eigenvalue weighted by Crippen LogP contribution is -2.50. The Hall–Kier alpha value is -1.51. The molecule has 0 bridgehead atoms. The van der Waals surface area contributed by atoms with Crippen LogP contribution in [-0.4, -0.2) is 11.5 Å². The smallest absolute Gasteiger partial charge is 0.193 e. The summed E-state index contributed by atoms with van der Waals surface area (Å²) in [5, 5.41) is 14.5. The molecule has 118 valence electrons. The molecule has 3 nitrogen and oxygen atoms in total. The van der Waals surface area contributed by atoms with Crippen LogP contribution in [-0.2, 0) is 0 Å². The molecule has 1 aromatic carbocycles. The van der Waals surface area contributed by atoms with Gasteiger partial charge in [0.1, 0.15) is 0 Å². The fourth-order valence-corrected chi connectivity index (χ4v) is 2.45. The van der Waals surface area contributed by atoms with E-state index in [0.717, 1.165) is 12.1 Å². The zero-order chi connectivity index (χ0) is 16.3. The van der Waals surface area contributed by atoms with Crippen molar-refractivity contribution in [3.8, 4) is 0 Å². The minimum Gasteiger partial charge on any atom is -0.351 e. The lowest BCUT2D eigenvalue weighted by molar-refractivity contribution is 0.0884. The van der Waals surface area contributed by atoms with Crippen LogP contribution in [0.4, 0.5) is 5.69 Å². The van der Waals surface area contributed by atoms with Crippen LogP contribution < -0.4 is 10.6 Å². The summed E-state index contributed by atoms with van der Waals surface area (Å²) in [6, 6.07) is 9.82. The number of guanidine groups is 1. The number of benzene rings is 1. The van der Waals surface area contributed by atoms with Gasteiger partial charge in [-0.1, -0.05) is 52.8 Å². The molecule has 0 aromatic heterocycles. The molecule has 0 unspecified atom stereocenters. The number of nitrogens with one attached hydrogen (secondary N) is 3. The van der Waals surface area contributed by atoms with E-state index in [2.05, 4.69) is 59.1 Å². The van der Waals surface area contributed by atoms with Crippen LogP contribution in [0.1, 0.15) is 54.9 Å². The predicted molar refractivity (Wildman–Crippen MR) is 92.9 cm³/mol. The Morgan fingerprint density at radius 2 is 1.48 bits per heavy atom. The number of para-hydroxylation sites is 1. The molecular weight excluding hydrogens is 258 g/mol. The van der Waals surface area contributed by atoms with E-state index in [1.54, 1.807) is 0 Å². The maximum atomic E-state index is 8.12. The quantitative estimate of drug-likeness (QED) is 0.547. The van der Waals surface area contributed by atoms with E-state index in [0.29, 0.717) is 5.96 Å². The normalized spacial score (nSPS) is 12.9. The van der Waals surface area contributed by atoms with Gasteiger partial charge in [-0.15, -0.1) is 0 Å². The van der Waals surface area contributed by atoms with Gasteiger partial charge in [-0.05, 0) is 43.2 Å². The summed E-state index contributed by atoms with van der Waals surface area (Å²) in [6.07, 6.45) is 0.988. The minimum atomic E-state index is -0.143. The van der Waals surface area contributed by atoms with Gasteiger partial charge in [0.05, 0.1) is 0 Å². The molecule has 0 spiro atoms. The molecule has 0 fully saturated rings. The highest BCUT2D eigenvalue weighted by atomic mass is 15.2. The molecule has 0 saturated heterocycles. The highest BCUT2D eigenvalue weighted by molar-refractivity contribution is 5.91. The number of rotatable bonds is 4. The van der Waals surface area contributed by atoms with Crippen LogP contribution >= 0.6 is 0 Å². The van der Waals surface area contributed by atoms with Crippen molar-refractivity contribution >= 4 is 11.6 Å². The summed E-state index contributed by atoms with van der Waals surface area (Å²) in [6.45, 7) is 15.7. The molecule has 1 rings (SSSR count). The second-order valence-electron chi connectivity index (χ2n) is 8.19. The molecule has 0 saturated carbocycles. The average Bonchev–Trinajstić information content (AvgIpc) is 2.25. The van der Waals surface area contributed by atoms with Gasteiger partial charge in [-0.25, -0.2) is 0 Å². The third-order valence-electron chi connectivity index (χ3n) is 4.42. The van der Waals surface area contributed by atoms with Crippen LogP contribution in [0.2, 0.25) is 0 Å². The molecule has 0 aliphatic carbocycles. The van der Waals surface area contributed by atoms with Crippen molar-refractivity contribution < 1.29 is 0 Å². The van der Waals surface area contributed by atoms with Gasteiger partial charge in [-0.2, -0.15) is 0 Å². The SMILES string of the molecule is CC(C)(CC(C)(C)C(C)(C)C)NC(=N)Nc1ccccc1. The first-order chi connectivity index (χ1) is 9.43. The van der Waals surface area contributed by atoms with E-state index in [9.17, 15) is 0 Å². The first-order valence-electron chi connectivity index (χ1n) is 7.62. The highest BCUT2D eigenvalue weighted by Gasteiger charge is 2.38. The zero-order valence-electron chi connectivity index (χ0n) is 14.6. The van der Waals surface area contributed by atoms with Crippen LogP contribution in [0.3, 0.4) is 0 Å². The fraction of sp³-hybridized carbons (Fsp3) is 0.611. The van der Waals surface area contributed by atoms with Gasteiger partial charge in [0.15, 0.2) is 5.96 Å². The first kappa shape index (κ1) is 17.5. The lowest BCUT2D eigenvalue weighted by atomic mass is 9.64. The number of hydrogen-bond acceptors (Lipinski definition) is 1. The molecule has 3 N–H and O–H groups in total. The Kier molecular flexibility index (Phi) is 5.08. The van der Waals surface area contributed by atoms with E-state index < -0.39 is 0 Å². The van der Waals surface area contributed by atoms with Crippen LogP contribution in [0.25, 0.3) is 0 Å². The number of anilines is 1. The highest BCUT2D eigenvalue weighted by Crippen LogP contribution is 2.43. The molecule has 21 heavy (non-hydrogen) atoms. The summed E-state index contributed by atoms with van der Waals surface area (Å²) >= 11 is 0. The van der Waals surface area contributed by atoms with Crippen LogP contribution in [0, 0.1) is 16.2 Å². The molecule has 0 amide bonds. The van der Waals surface area contributed by atoms with E-state index in [-0.39, 0.29) is 16.4 Å². The van der Waals surface area contributed by atoms with E-state index in [4.69, 9.17) is 5.41 Å². The van der Waals surface area contributed by atoms with Crippen molar-refractivity contribution in [3.05, 3.63) is 30.3 Å². The molecule has 0 heterocycles. The fourth-order valence-electron chi connectivity index (χ4n) is 2.45. The predicted octanol–water partition coefficient (Wildman–Crippen LogP) is 4.86. The Bertz CT molecular complexity index is 467. The van der Waals surface area contributed by atoms with Gasteiger partial charge >= 0.3 is 0 Å². The van der Waals surface area contributed by atoms with Crippen LogP contribution in [0.5, 0.6) is 0 Å². The third-order valence-corrected chi connectivity index (χ3v) is 4.42. The Labute approximate surface area is 130 Å². The summed E-state index contributed by atoms with van der Waals surface area (Å²) in [7, 11) is 0. The Morgan fingerprint density at radius 1 is 0.952 bits per heavy atom. The first-order valence-corrected chi connectivity index (χ1v) is 7.62. The van der Waals surface area contributed by atoms with Gasteiger partial charge in [0.2, 0.25) is 0 Å². The van der Waals surface area contributed by atoms with Gasteiger partial charge in [0.25, 0.3) is 0 Å². The second-order valence-corrected chi connectivity index (χ2v) is 8.19. The van der Waals surface area contributed by atoms with Crippen molar-refractivity contribution in [1.82, 2.24) is 5.32 Å². The van der Waals surface area contributed by atoms with E-state index in [1.807, 2.05) is 30.3 Å². The molecule has 1 aromatic rings. The average molecular weight is 289 g/mol. The summed E-state index contributed by atoms with van der Waals surface area (Å²) in [4.78, 5) is 0. The molecular formula is C18H31N3. The maximum Gasteiger partial charge on any atom is 0.193 e. The van der Waals surface area contributed by atoms with E-state index >= 15 is 0 Å². The number of hydrogen-bond donors (Lipinski definition) is 3. The topological polar surface area (TPSA) is 47.9 Å². The second kappa shape index (κ2) is 6.08. The third kappa shape index (κ3) is 5.41. The molecule has 0 aliphatic heterocycles. The maximum absolute atomic E-state index is 8.12. The molecule has 3 heteroatoms. The van der Waals surface area contributed by atoms with Crippen molar-refractivity contribution in [2.75, 3.05) is 5.32 Å².